The molecular formula is C30H34N2O6. The van der Waals surface area contributed by atoms with Crippen LogP contribution in [0.25, 0.3) is 5.57 Å². The molecule has 0 spiro atoms. The molecule has 8 nitrogen and oxygen atoms in total. The fourth-order valence-corrected chi connectivity index (χ4v) is 8.12. The van der Waals surface area contributed by atoms with Gasteiger partial charge in [-0.2, -0.15) is 0 Å². The average molecular weight is 519 g/mol. The molecule has 7 atom stereocenters. The summed E-state index contributed by atoms with van der Waals surface area (Å²) in [5.41, 5.74) is 2.21. The highest BCUT2D eigenvalue weighted by molar-refractivity contribution is 5.79. The van der Waals surface area contributed by atoms with Crippen molar-refractivity contribution in [3.8, 4) is 0 Å². The Morgan fingerprint density at radius 1 is 1.21 bits per heavy atom. The number of aromatic nitrogens is 1. The van der Waals surface area contributed by atoms with Crippen LogP contribution < -0.4 is 5.32 Å². The van der Waals surface area contributed by atoms with E-state index in [9.17, 15) is 14.7 Å². The van der Waals surface area contributed by atoms with Gasteiger partial charge in [0.25, 0.3) is 0 Å². The van der Waals surface area contributed by atoms with E-state index in [0.29, 0.717) is 18.4 Å². The van der Waals surface area contributed by atoms with Crippen molar-refractivity contribution in [2.24, 2.45) is 16.7 Å². The Balaban J connectivity index is 1.30. The molecule has 200 valence electrons. The maximum absolute atomic E-state index is 13.5. The number of ether oxygens (including phenoxy) is 3. The molecule has 1 amide bonds. The Morgan fingerprint density at radius 2 is 1.92 bits per heavy atom. The standard InChI is InChI=1S/C30H34N2O6/c1-6-36-26(35)32-23(18-11-13-31-14-12-18)24(33)25(34)37-22-15-21-27(3,4)28(22,5)29-16-17(2)19-9-7-8-10-20(19)30(21,29)38-29/h7-14,21-24,33H,2,6,15-16H2,1,3-5H3,(H,32,35)/t21?,22?,23-,24+,28?,29-,30+/m0/s1. The first-order chi connectivity index (χ1) is 18.0. The maximum Gasteiger partial charge on any atom is 0.407 e. The average Bonchev–Trinajstić information content (AvgIpc) is 3.53. The second-order valence-electron chi connectivity index (χ2n) is 11.7. The minimum absolute atomic E-state index is 0.123. The Morgan fingerprint density at radius 3 is 2.63 bits per heavy atom. The van der Waals surface area contributed by atoms with Crippen LogP contribution in [0.4, 0.5) is 4.79 Å². The molecule has 4 aliphatic rings. The molecule has 2 N–H and O–H groups in total. The number of pyridine rings is 1. The van der Waals surface area contributed by atoms with Gasteiger partial charge in [-0.3, -0.25) is 4.98 Å². The van der Waals surface area contributed by atoms with Crippen LogP contribution in [0, 0.1) is 16.7 Å². The molecule has 2 bridgehead atoms. The summed E-state index contributed by atoms with van der Waals surface area (Å²) in [5.74, 6) is -0.672. The summed E-state index contributed by atoms with van der Waals surface area (Å²) in [6.45, 7) is 12.8. The van der Waals surface area contributed by atoms with Gasteiger partial charge in [-0.05, 0) is 53.2 Å². The van der Waals surface area contributed by atoms with Crippen molar-refractivity contribution >= 4 is 17.6 Å². The number of nitrogens with zero attached hydrogens (tertiary/aromatic N) is 1. The predicted molar refractivity (Wildman–Crippen MR) is 139 cm³/mol. The Bertz CT molecular complexity index is 1330. The van der Waals surface area contributed by atoms with Crippen LogP contribution >= 0.6 is 0 Å². The van der Waals surface area contributed by atoms with Gasteiger partial charge in [0.15, 0.2) is 6.10 Å². The molecular weight excluding hydrogens is 484 g/mol. The molecule has 3 unspecified atom stereocenters. The highest BCUT2D eigenvalue weighted by atomic mass is 16.6. The van der Waals surface area contributed by atoms with E-state index in [-0.39, 0.29) is 17.9 Å². The predicted octanol–water partition coefficient (Wildman–Crippen LogP) is 4.29. The lowest BCUT2D eigenvalue weighted by Crippen LogP contribution is -2.53. The third-order valence-corrected chi connectivity index (χ3v) is 10.1. The van der Waals surface area contributed by atoms with Gasteiger partial charge in [-0.25, -0.2) is 9.59 Å². The number of carbonyl (C=O) groups is 2. The van der Waals surface area contributed by atoms with Crippen molar-refractivity contribution in [2.75, 3.05) is 6.61 Å². The largest absolute Gasteiger partial charge is 0.460 e. The van der Waals surface area contributed by atoms with Gasteiger partial charge >= 0.3 is 12.1 Å². The van der Waals surface area contributed by atoms with Crippen LogP contribution in [-0.4, -0.2) is 46.6 Å². The molecule has 0 radical (unpaired) electrons. The minimum atomic E-state index is -1.64. The first kappa shape index (κ1) is 25.1. The number of rotatable bonds is 6. The number of fused-ring (bicyclic) bond motifs is 3. The Hall–Kier alpha value is -3.23. The van der Waals surface area contributed by atoms with E-state index in [4.69, 9.17) is 14.2 Å². The molecule has 6 rings (SSSR count). The Labute approximate surface area is 222 Å². The number of alkyl carbamates (subject to hydrolysis) is 1. The molecule has 3 fully saturated rings. The summed E-state index contributed by atoms with van der Waals surface area (Å²) in [4.78, 5) is 29.7. The van der Waals surface area contributed by atoms with Crippen LogP contribution in [0.15, 0.2) is 55.4 Å². The van der Waals surface area contributed by atoms with Crippen molar-refractivity contribution in [3.63, 3.8) is 0 Å². The monoisotopic (exact) mass is 518 g/mol. The number of benzene rings is 1. The van der Waals surface area contributed by atoms with Crippen molar-refractivity contribution in [1.82, 2.24) is 10.3 Å². The zero-order valence-electron chi connectivity index (χ0n) is 22.2. The van der Waals surface area contributed by atoms with E-state index in [1.165, 1.54) is 18.0 Å². The molecule has 1 saturated heterocycles. The van der Waals surface area contributed by atoms with Crippen molar-refractivity contribution in [1.29, 1.82) is 0 Å². The number of carbonyl (C=O) groups excluding carboxylic acids is 2. The van der Waals surface area contributed by atoms with E-state index in [1.54, 1.807) is 19.1 Å². The van der Waals surface area contributed by atoms with E-state index in [0.717, 1.165) is 11.1 Å². The van der Waals surface area contributed by atoms with Gasteiger partial charge in [0.1, 0.15) is 17.3 Å². The fraction of sp³-hybridized carbons (Fsp3) is 0.500. The first-order valence-corrected chi connectivity index (χ1v) is 13.2. The van der Waals surface area contributed by atoms with Crippen molar-refractivity contribution < 1.29 is 28.9 Å². The zero-order chi connectivity index (χ0) is 27.1. The van der Waals surface area contributed by atoms with Gasteiger partial charge in [0.2, 0.25) is 0 Å². The van der Waals surface area contributed by atoms with E-state index >= 15 is 0 Å². The second-order valence-corrected chi connectivity index (χ2v) is 11.7. The molecule has 1 aliphatic heterocycles. The molecule has 2 aromatic rings. The number of amides is 1. The number of aliphatic hydroxyl groups is 1. The van der Waals surface area contributed by atoms with Crippen LogP contribution in [-0.2, 0) is 24.6 Å². The molecule has 2 saturated carbocycles. The van der Waals surface area contributed by atoms with E-state index in [1.807, 2.05) is 12.1 Å². The topological polar surface area (TPSA) is 110 Å². The number of aliphatic hydroxyl groups excluding tert-OH is 1. The van der Waals surface area contributed by atoms with Crippen LogP contribution in [0.3, 0.4) is 0 Å². The van der Waals surface area contributed by atoms with E-state index in [2.05, 4.69) is 49.8 Å². The minimum Gasteiger partial charge on any atom is -0.460 e. The van der Waals surface area contributed by atoms with Gasteiger partial charge in [0.05, 0.1) is 12.6 Å². The molecule has 1 aromatic heterocycles. The normalized spacial score (nSPS) is 34.8. The third-order valence-electron chi connectivity index (χ3n) is 10.1. The lowest BCUT2D eigenvalue weighted by Gasteiger charge is -2.45. The molecule has 3 aliphatic carbocycles. The highest BCUT2D eigenvalue weighted by Gasteiger charge is 2.95. The lowest BCUT2D eigenvalue weighted by molar-refractivity contribution is -0.172. The van der Waals surface area contributed by atoms with Crippen molar-refractivity contribution in [2.45, 2.75) is 70.0 Å². The summed E-state index contributed by atoms with van der Waals surface area (Å²) in [7, 11) is 0. The first-order valence-electron chi connectivity index (χ1n) is 13.2. The van der Waals surface area contributed by atoms with Crippen LogP contribution in [0.5, 0.6) is 0 Å². The van der Waals surface area contributed by atoms with Crippen LogP contribution in [0.1, 0.15) is 63.3 Å². The SMILES string of the molecule is C=C1C[C@@]23O[C@]2(c2ccccc21)C1CC(OC(=O)[C@H](O)[C@@H](NC(=O)OCC)c2ccncc2)C3(C)C1(C)C. The summed E-state index contributed by atoms with van der Waals surface area (Å²) in [5, 5.41) is 13.8. The third kappa shape index (κ3) is 2.90. The zero-order valence-corrected chi connectivity index (χ0v) is 22.2. The second kappa shape index (κ2) is 8.13. The quantitative estimate of drug-likeness (QED) is 0.434. The summed E-state index contributed by atoms with van der Waals surface area (Å²) >= 11 is 0. The summed E-state index contributed by atoms with van der Waals surface area (Å²) < 4.78 is 17.9. The Kier molecular flexibility index (Phi) is 5.37. The fourth-order valence-electron chi connectivity index (χ4n) is 8.12. The smallest absolute Gasteiger partial charge is 0.407 e. The molecule has 1 aromatic carbocycles. The maximum atomic E-state index is 13.5. The summed E-state index contributed by atoms with van der Waals surface area (Å²) in [6.07, 6.45) is 1.50. The van der Waals surface area contributed by atoms with Crippen LogP contribution in [0.2, 0.25) is 0 Å². The molecule has 38 heavy (non-hydrogen) atoms. The number of epoxide rings is 1. The van der Waals surface area contributed by atoms with Gasteiger partial charge in [-0.15, -0.1) is 0 Å². The van der Waals surface area contributed by atoms with Gasteiger partial charge in [0, 0.05) is 30.1 Å². The highest BCUT2D eigenvalue weighted by Crippen LogP contribution is 2.89. The lowest BCUT2D eigenvalue weighted by atomic mass is 9.59. The van der Waals surface area contributed by atoms with Gasteiger partial charge < -0.3 is 24.6 Å². The summed E-state index contributed by atoms with van der Waals surface area (Å²) in [6, 6.07) is 10.5. The van der Waals surface area contributed by atoms with E-state index < -0.39 is 46.9 Å². The number of nitrogens with one attached hydrogen (secondary N) is 1. The number of hydrogen-bond acceptors (Lipinski definition) is 7. The molecule has 2 heterocycles. The van der Waals surface area contributed by atoms with Crippen molar-refractivity contribution in [3.05, 3.63) is 72.1 Å². The number of hydrogen-bond donors (Lipinski definition) is 2. The molecule has 8 heteroatoms. The number of esters is 1. The van der Waals surface area contributed by atoms with Gasteiger partial charge in [-0.1, -0.05) is 51.6 Å².